The average Bonchev–Trinajstić information content (AvgIpc) is 3.11. The quantitative estimate of drug-likeness (QED) is 0.907. The van der Waals surface area contributed by atoms with Crippen LogP contribution in [-0.4, -0.2) is 34.0 Å². The fraction of sp³-hybridized carbons (Fsp3) is 0.316. The number of rotatable bonds is 4. The van der Waals surface area contributed by atoms with Gasteiger partial charge in [0.2, 0.25) is 18.4 Å². The van der Waals surface area contributed by atoms with E-state index in [-0.39, 0.29) is 18.6 Å². The molecule has 1 amide bonds. The summed E-state index contributed by atoms with van der Waals surface area (Å²) in [7, 11) is 4.70. The van der Waals surface area contributed by atoms with E-state index in [9.17, 15) is 4.79 Å². The van der Waals surface area contributed by atoms with Gasteiger partial charge in [0.1, 0.15) is 0 Å². The molecule has 1 N–H and O–H groups in total. The van der Waals surface area contributed by atoms with Crippen LogP contribution in [0.3, 0.4) is 0 Å². The number of ether oxygens (including phenoxy) is 5. The predicted octanol–water partition coefficient (Wildman–Crippen LogP) is 2.92. The average molecular weight is 357 g/mol. The minimum absolute atomic E-state index is 0.0601. The molecule has 0 fully saturated rings. The van der Waals surface area contributed by atoms with E-state index in [0.717, 1.165) is 16.8 Å². The number of benzene rings is 2. The highest BCUT2D eigenvalue weighted by Crippen LogP contribution is 2.47. The highest BCUT2D eigenvalue weighted by Gasteiger charge is 2.31. The molecule has 1 atom stereocenters. The van der Waals surface area contributed by atoms with E-state index >= 15 is 0 Å². The summed E-state index contributed by atoms with van der Waals surface area (Å²) in [5.74, 6) is 2.71. The second-order valence-electron chi connectivity index (χ2n) is 6.06. The molecule has 2 aromatic carbocycles. The van der Waals surface area contributed by atoms with Crippen molar-refractivity contribution in [3.63, 3.8) is 0 Å². The Bertz CT molecular complexity index is 854. The predicted molar refractivity (Wildman–Crippen MR) is 93.8 cm³/mol. The highest BCUT2D eigenvalue weighted by atomic mass is 16.7. The number of anilines is 1. The van der Waals surface area contributed by atoms with Gasteiger partial charge in [0.15, 0.2) is 23.0 Å². The van der Waals surface area contributed by atoms with Gasteiger partial charge < -0.3 is 29.0 Å². The van der Waals surface area contributed by atoms with Gasteiger partial charge in [-0.25, -0.2) is 0 Å². The van der Waals surface area contributed by atoms with Crippen molar-refractivity contribution in [2.75, 3.05) is 33.4 Å². The van der Waals surface area contributed by atoms with Crippen molar-refractivity contribution in [2.45, 2.75) is 12.3 Å². The molecule has 0 bridgehead atoms. The zero-order chi connectivity index (χ0) is 18.3. The summed E-state index contributed by atoms with van der Waals surface area (Å²) < 4.78 is 27.2. The van der Waals surface area contributed by atoms with Crippen molar-refractivity contribution >= 4 is 11.6 Å². The second-order valence-corrected chi connectivity index (χ2v) is 6.06. The third-order valence-electron chi connectivity index (χ3n) is 4.67. The number of methoxy groups -OCH3 is 3. The van der Waals surface area contributed by atoms with Gasteiger partial charge in [-0.05, 0) is 29.3 Å². The van der Waals surface area contributed by atoms with Crippen molar-refractivity contribution in [1.29, 1.82) is 0 Å². The number of hydrogen-bond acceptors (Lipinski definition) is 6. The third kappa shape index (κ3) is 2.56. The van der Waals surface area contributed by atoms with E-state index in [1.54, 1.807) is 27.4 Å². The van der Waals surface area contributed by atoms with Crippen LogP contribution < -0.4 is 29.0 Å². The Morgan fingerprint density at radius 2 is 1.62 bits per heavy atom. The van der Waals surface area contributed by atoms with E-state index in [2.05, 4.69) is 5.32 Å². The molecule has 7 nitrogen and oxygen atoms in total. The van der Waals surface area contributed by atoms with Gasteiger partial charge in [0.05, 0.1) is 21.3 Å². The fourth-order valence-electron chi connectivity index (χ4n) is 3.45. The zero-order valence-corrected chi connectivity index (χ0v) is 14.8. The summed E-state index contributed by atoms with van der Waals surface area (Å²) in [4.78, 5) is 12.3. The second kappa shape index (κ2) is 6.33. The van der Waals surface area contributed by atoms with Crippen molar-refractivity contribution < 1.29 is 28.5 Å². The number of hydrogen-bond donors (Lipinski definition) is 1. The molecule has 0 aliphatic carbocycles. The van der Waals surface area contributed by atoms with Gasteiger partial charge in [-0.3, -0.25) is 4.79 Å². The minimum atomic E-state index is -0.165. The number of fused-ring (bicyclic) bond motifs is 2. The van der Waals surface area contributed by atoms with Gasteiger partial charge in [0, 0.05) is 24.1 Å². The van der Waals surface area contributed by atoms with Gasteiger partial charge in [0.25, 0.3) is 0 Å². The minimum Gasteiger partial charge on any atom is -0.493 e. The summed E-state index contributed by atoms with van der Waals surface area (Å²) in [6.45, 7) is 0.182. The number of carbonyl (C=O) groups is 1. The molecule has 0 unspecified atom stereocenters. The largest absolute Gasteiger partial charge is 0.493 e. The Morgan fingerprint density at radius 1 is 0.962 bits per heavy atom. The van der Waals surface area contributed by atoms with E-state index in [1.165, 1.54) is 0 Å². The number of nitrogens with one attached hydrogen (secondary N) is 1. The van der Waals surface area contributed by atoms with Crippen molar-refractivity contribution in [3.8, 4) is 28.7 Å². The normalized spacial score (nSPS) is 17.3. The number of carbonyl (C=O) groups excluding carboxylic acids is 1. The molecule has 2 aliphatic heterocycles. The van der Waals surface area contributed by atoms with Crippen LogP contribution in [0, 0.1) is 0 Å². The molecular weight excluding hydrogens is 338 g/mol. The molecule has 136 valence electrons. The molecule has 2 aromatic rings. The summed E-state index contributed by atoms with van der Waals surface area (Å²) in [6, 6.07) is 7.47. The van der Waals surface area contributed by atoms with Crippen LogP contribution in [0.15, 0.2) is 24.3 Å². The smallest absolute Gasteiger partial charge is 0.231 e. The summed E-state index contributed by atoms with van der Waals surface area (Å²) >= 11 is 0. The molecule has 0 aromatic heterocycles. The Balaban J connectivity index is 1.85. The molecule has 2 heterocycles. The first-order valence-electron chi connectivity index (χ1n) is 8.18. The SMILES string of the molecule is COc1cc([C@@H]2CC(=O)Nc3cc4c(cc32)OCO4)cc(OC)c1OC. The van der Waals surface area contributed by atoms with Gasteiger partial charge in [-0.2, -0.15) is 0 Å². The standard InChI is InChI=1S/C19H19NO6/c1-22-16-4-10(5-17(23-2)19(16)24-3)11-7-18(21)20-13-8-15-14(6-12(11)13)25-9-26-15/h4-6,8,11H,7,9H2,1-3H3,(H,20,21)/t11-/m0/s1. The third-order valence-corrected chi connectivity index (χ3v) is 4.67. The maximum atomic E-state index is 12.3. The Hall–Kier alpha value is -3.09. The van der Waals surface area contributed by atoms with Crippen LogP contribution in [0.2, 0.25) is 0 Å². The highest BCUT2D eigenvalue weighted by molar-refractivity contribution is 5.96. The van der Waals surface area contributed by atoms with Crippen molar-refractivity contribution in [3.05, 3.63) is 35.4 Å². The lowest BCUT2D eigenvalue weighted by Crippen LogP contribution is -2.23. The Labute approximate surface area is 150 Å². The molecular formula is C19H19NO6. The topological polar surface area (TPSA) is 75.3 Å². The lowest BCUT2D eigenvalue weighted by molar-refractivity contribution is -0.116. The first kappa shape index (κ1) is 16.4. The lowest BCUT2D eigenvalue weighted by Gasteiger charge is -2.27. The van der Waals surface area contributed by atoms with E-state index in [1.807, 2.05) is 18.2 Å². The molecule has 0 radical (unpaired) electrons. The molecule has 7 heteroatoms. The van der Waals surface area contributed by atoms with E-state index in [0.29, 0.717) is 35.2 Å². The van der Waals surface area contributed by atoms with Crippen LogP contribution in [-0.2, 0) is 4.79 Å². The van der Waals surface area contributed by atoms with Crippen LogP contribution in [0.25, 0.3) is 0 Å². The fourth-order valence-corrected chi connectivity index (χ4v) is 3.45. The van der Waals surface area contributed by atoms with Gasteiger partial charge >= 0.3 is 0 Å². The monoisotopic (exact) mass is 357 g/mol. The van der Waals surface area contributed by atoms with Crippen LogP contribution in [0.4, 0.5) is 5.69 Å². The molecule has 2 aliphatic rings. The molecule has 0 saturated carbocycles. The van der Waals surface area contributed by atoms with Crippen LogP contribution in [0.1, 0.15) is 23.5 Å². The maximum absolute atomic E-state index is 12.3. The maximum Gasteiger partial charge on any atom is 0.231 e. The first-order chi connectivity index (χ1) is 12.6. The summed E-state index contributed by atoms with van der Waals surface area (Å²) in [5.41, 5.74) is 2.59. The number of amides is 1. The molecule has 0 saturated heterocycles. The molecule has 0 spiro atoms. The zero-order valence-electron chi connectivity index (χ0n) is 14.8. The lowest BCUT2D eigenvalue weighted by atomic mass is 9.84. The van der Waals surface area contributed by atoms with E-state index < -0.39 is 0 Å². The van der Waals surface area contributed by atoms with Gasteiger partial charge in [-0.1, -0.05) is 0 Å². The Morgan fingerprint density at radius 3 is 2.23 bits per heavy atom. The molecule has 26 heavy (non-hydrogen) atoms. The van der Waals surface area contributed by atoms with Crippen LogP contribution in [0.5, 0.6) is 28.7 Å². The van der Waals surface area contributed by atoms with Crippen LogP contribution >= 0.6 is 0 Å². The van der Waals surface area contributed by atoms with Gasteiger partial charge in [-0.15, -0.1) is 0 Å². The van der Waals surface area contributed by atoms with E-state index in [4.69, 9.17) is 23.7 Å². The first-order valence-corrected chi connectivity index (χ1v) is 8.18. The van der Waals surface area contributed by atoms with Crippen molar-refractivity contribution in [1.82, 2.24) is 0 Å². The van der Waals surface area contributed by atoms with Crippen molar-refractivity contribution in [2.24, 2.45) is 0 Å². The summed E-state index contributed by atoms with van der Waals surface area (Å²) in [5, 5.41) is 2.91. The molecule has 4 rings (SSSR count). The summed E-state index contributed by atoms with van der Waals surface area (Å²) in [6.07, 6.45) is 0.311. The Kier molecular flexibility index (Phi) is 3.99.